The number of hydrogen-bond acceptors (Lipinski definition) is 4. The minimum atomic E-state index is -0.420. The van der Waals surface area contributed by atoms with Crippen LogP contribution in [0.25, 0.3) is 0 Å². The van der Waals surface area contributed by atoms with E-state index in [2.05, 4.69) is 9.72 Å². The van der Waals surface area contributed by atoms with Gasteiger partial charge in [-0.25, -0.2) is 14.6 Å². The van der Waals surface area contributed by atoms with Crippen molar-refractivity contribution in [2.45, 2.75) is 31.6 Å². The number of aromatic nitrogens is 1. The first-order valence-corrected chi connectivity index (χ1v) is 6.01. The molecule has 0 aromatic carbocycles. The van der Waals surface area contributed by atoms with Gasteiger partial charge in [-0.05, 0) is 43.2 Å². The second-order valence-electron chi connectivity index (χ2n) is 4.45. The molecule has 0 spiro atoms. The van der Waals surface area contributed by atoms with Gasteiger partial charge >= 0.3 is 5.97 Å². The molecule has 94 valence electrons. The van der Waals surface area contributed by atoms with Crippen molar-refractivity contribution in [1.82, 2.24) is 4.98 Å². The molecule has 1 heterocycles. The van der Waals surface area contributed by atoms with E-state index >= 15 is 0 Å². The van der Waals surface area contributed by atoms with Gasteiger partial charge < -0.3 is 4.74 Å². The molecule has 1 saturated carbocycles. The molecule has 1 aromatic heterocycles. The molecule has 0 aliphatic heterocycles. The average Bonchev–Trinajstić information content (AvgIpc) is 2.47. The number of nitrogens with zero attached hydrogens (tertiary/aromatic N) is 1. The summed E-state index contributed by atoms with van der Waals surface area (Å²) in [6.45, 7) is 0. The van der Waals surface area contributed by atoms with Crippen molar-refractivity contribution in [3.63, 3.8) is 0 Å². The van der Waals surface area contributed by atoms with Crippen molar-refractivity contribution in [1.29, 1.82) is 0 Å². The molecule has 0 amide bonds. The van der Waals surface area contributed by atoms with Gasteiger partial charge in [-0.3, -0.25) is 0 Å². The van der Waals surface area contributed by atoms with Crippen molar-refractivity contribution >= 4 is 11.9 Å². The highest BCUT2D eigenvalue weighted by molar-refractivity contribution is 5.86. The normalized spacial score (nSPS) is 19.2. The molecule has 0 unspecified atom stereocenters. The summed E-state index contributed by atoms with van der Waals surface area (Å²) in [5.41, 5.74) is 2.32. The van der Waals surface area contributed by atoms with Crippen LogP contribution < -0.4 is 0 Å². The zero-order valence-electron chi connectivity index (χ0n) is 10.3. The van der Waals surface area contributed by atoms with Crippen LogP contribution in [0.15, 0.2) is 23.9 Å². The molecular weight excluding hydrogens is 230 g/mol. The highest BCUT2D eigenvalue weighted by Gasteiger charge is 2.19. The van der Waals surface area contributed by atoms with Gasteiger partial charge in [0.25, 0.3) is 0 Å². The predicted molar refractivity (Wildman–Crippen MR) is 66.0 cm³/mol. The van der Waals surface area contributed by atoms with E-state index < -0.39 is 5.97 Å². The first kappa shape index (κ1) is 12.5. The molecule has 0 atom stereocenters. The zero-order chi connectivity index (χ0) is 13.0. The zero-order valence-corrected chi connectivity index (χ0v) is 10.3. The van der Waals surface area contributed by atoms with Gasteiger partial charge in [0, 0.05) is 11.8 Å². The fourth-order valence-corrected chi connectivity index (χ4v) is 2.27. The van der Waals surface area contributed by atoms with E-state index in [1.807, 2.05) is 12.0 Å². The maximum atomic E-state index is 11.3. The van der Waals surface area contributed by atoms with Crippen molar-refractivity contribution in [3.05, 3.63) is 35.2 Å². The SMILES string of the molecule is COC(=O)c1ccc(C2CCC(=C=O)CC2)cn1. The maximum absolute atomic E-state index is 11.3. The number of rotatable bonds is 2. The molecule has 0 bridgehead atoms. The Morgan fingerprint density at radius 3 is 2.61 bits per heavy atom. The van der Waals surface area contributed by atoms with Gasteiger partial charge in [0.15, 0.2) is 0 Å². The Labute approximate surface area is 106 Å². The number of methoxy groups -OCH3 is 1. The Morgan fingerprint density at radius 2 is 2.11 bits per heavy atom. The Kier molecular flexibility index (Phi) is 3.90. The van der Waals surface area contributed by atoms with Gasteiger partial charge in [0.1, 0.15) is 11.6 Å². The predicted octanol–water partition coefficient (Wildman–Crippen LogP) is 2.28. The highest BCUT2D eigenvalue weighted by Crippen LogP contribution is 2.34. The van der Waals surface area contributed by atoms with Crippen LogP contribution in [0.2, 0.25) is 0 Å². The van der Waals surface area contributed by atoms with Crippen LogP contribution in [0.1, 0.15) is 47.7 Å². The number of carbonyl (C=O) groups excluding carboxylic acids is 2. The Morgan fingerprint density at radius 1 is 1.39 bits per heavy atom. The van der Waals surface area contributed by atoms with E-state index in [9.17, 15) is 9.59 Å². The van der Waals surface area contributed by atoms with Crippen LogP contribution >= 0.6 is 0 Å². The van der Waals surface area contributed by atoms with Crippen molar-refractivity contribution in [3.8, 4) is 0 Å². The molecule has 0 radical (unpaired) electrons. The number of ether oxygens (including phenoxy) is 1. The average molecular weight is 245 g/mol. The second kappa shape index (κ2) is 5.61. The Balaban J connectivity index is 2.06. The topological polar surface area (TPSA) is 56.3 Å². The van der Waals surface area contributed by atoms with Crippen LogP contribution in [-0.4, -0.2) is 24.0 Å². The van der Waals surface area contributed by atoms with E-state index in [0.717, 1.165) is 36.8 Å². The highest BCUT2D eigenvalue weighted by atomic mass is 16.5. The van der Waals surface area contributed by atoms with Crippen molar-refractivity contribution in [2.24, 2.45) is 0 Å². The lowest BCUT2D eigenvalue weighted by molar-refractivity contribution is 0.0594. The summed E-state index contributed by atoms with van der Waals surface area (Å²) in [4.78, 5) is 25.9. The third-order valence-corrected chi connectivity index (χ3v) is 3.39. The molecule has 1 aliphatic rings. The van der Waals surface area contributed by atoms with Crippen molar-refractivity contribution < 1.29 is 14.3 Å². The van der Waals surface area contributed by atoms with Gasteiger partial charge in [-0.1, -0.05) is 6.07 Å². The van der Waals surface area contributed by atoms with Gasteiger partial charge in [-0.15, -0.1) is 0 Å². The van der Waals surface area contributed by atoms with E-state index in [1.54, 1.807) is 12.3 Å². The molecular formula is C14H15NO3. The quantitative estimate of drug-likeness (QED) is 0.592. The number of allylic oxidation sites excluding steroid dienone is 1. The number of hydrogen-bond donors (Lipinski definition) is 0. The molecule has 18 heavy (non-hydrogen) atoms. The molecule has 0 N–H and O–H groups in total. The van der Waals surface area contributed by atoms with Crippen LogP contribution in [0.4, 0.5) is 0 Å². The van der Waals surface area contributed by atoms with E-state index in [4.69, 9.17) is 0 Å². The lowest BCUT2D eigenvalue weighted by Crippen LogP contribution is -2.09. The van der Waals surface area contributed by atoms with E-state index in [0.29, 0.717) is 11.6 Å². The minimum absolute atomic E-state index is 0.325. The fraction of sp³-hybridized carbons (Fsp3) is 0.429. The molecule has 4 nitrogen and oxygen atoms in total. The largest absolute Gasteiger partial charge is 0.464 e. The molecule has 1 aromatic rings. The maximum Gasteiger partial charge on any atom is 0.356 e. The molecule has 0 saturated heterocycles. The standard InChI is InChI=1S/C14H15NO3/c1-18-14(17)13-7-6-12(8-15-13)11-4-2-10(9-16)3-5-11/h6-8,11H,2-5H2,1H3. The number of esters is 1. The van der Waals surface area contributed by atoms with Crippen molar-refractivity contribution in [2.75, 3.05) is 7.11 Å². The number of carbonyl (C=O) groups is 1. The van der Waals surface area contributed by atoms with Crippen LogP contribution in [0.5, 0.6) is 0 Å². The van der Waals surface area contributed by atoms with Gasteiger partial charge in [0.05, 0.1) is 7.11 Å². The Hall–Kier alpha value is -1.93. The van der Waals surface area contributed by atoms with Gasteiger partial charge in [0.2, 0.25) is 0 Å². The first-order valence-electron chi connectivity index (χ1n) is 6.01. The van der Waals surface area contributed by atoms with Crippen LogP contribution in [0, 0.1) is 0 Å². The second-order valence-corrected chi connectivity index (χ2v) is 4.45. The van der Waals surface area contributed by atoms with Gasteiger partial charge in [-0.2, -0.15) is 0 Å². The van der Waals surface area contributed by atoms with Crippen LogP contribution in [0.3, 0.4) is 0 Å². The lowest BCUT2D eigenvalue weighted by Gasteiger charge is -2.22. The number of pyridine rings is 1. The lowest BCUT2D eigenvalue weighted by atomic mass is 9.82. The minimum Gasteiger partial charge on any atom is -0.464 e. The summed E-state index contributed by atoms with van der Waals surface area (Å²) >= 11 is 0. The molecule has 2 rings (SSSR count). The van der Waals surface area contributed by atoms with E-state index in [1.165, 1.54) is 7.11 Å². The van der Waals surface area contributed by atoms with E-state index in [-0.39, 0.29) is 0 Å². The van der Waals surface area contributed by atoms with Crippen LogP contribution in [-0.2, 0) is 9.53 Å². The summed E-state index contributed by atoms with van der Waals surface area (Å²) in [6.07, 6.45) is 5.25. The third-order valence-electron chi connectivity index (χ3n) is 3.39. The molecule has 1 aliphatic carbocycles. The summed E-state index contributed by atoms with van der Waals surface area (Å²) in [7, 11) is 1.34. The smallest absolute Gasteiger partial charge is 0.356 e. The summed E-state index contributed by atoms with van der Waals surface area (Å²) in [5, 5.41) is 0. The molecule has 4 heteroatoms. The Bertz CT molecular complexity index is 476. The molecule has 1 fully saturated rings. The first-order chi connectivity index (χ1) is 8.74. The fourth-order valence-electron chi connectivity index (χ4n) is 2.27. The third kappa shape index (κ3) is 2.66. The summed E-state index contributed by atoms with van der Waals surface area (Å²) in [5.74, 6) is 2.00. The monoisotopic (exact) mass is 245 g/mol. The summed E-state index contributed by atoms with van der Waals surface area (Å²) in [6, 6.07) is 3.60. The summed E-state index contributed by atoms with van der Waals surface area (Å²) < 4.78 is 4.60.